The van der Waals surface area contributed by atoms with Gasteiger partial charge in [-0.1, -0.05) is 22.0 Å². The molecule has 1 aliphatic rings. The van der Waals surface area contributed by atoms with E-state index in [0.29, 0.717) is 29.4 Å². The molecule has 0 aliphatic carbocycles. The van der Waals surface area contributed by atoms with Crippen LogP contribution in [0.2, 0.25) is 0 Å². The minimum absolute atomic E-state index is 0.239. The molecule has 3 rings (SSSR count). The van der Waals surface area contributed by atoms with Crippen molar-refractivity contribution < 1.29 is 23.9 Å². The number of hydrogen-bond donors (Lipinski definition) is 1. The first-order chi connectivity index (χ1) is 14.4. The highest BCUT2D eigenvalue weighted by atomic mass is 79.9. The van der Waals surface area contributed by atoms with Crippen molar-refractivity contribution in [1.82, 2.24) is 4.90 Å². The SMILES string of the molecule is CCOc1ccc(/C=C2/SC(=O)N(CC(=O)Nc3ccc(Br)cc3)C2=O)cc1OC. The van der Waals surface area contributed by atoms with Gasteiger partial charge < -0.3 is 14.8 Å². The Labute approximate surface area is 186 Å². The normalized spacial score (nSPS) is 14.9. The number of nitrogens with one attached hydrogen (secondary N) is 1. The van der Waals surface area contributed by atoms with Crippen molar-refractivity contribution in [3.05, 3.63) is 57.4 Å². The van der Waals surface area contributed by atoms with E-state index in [0.717, 1.165) is 21.1 Å². The molecule has 1 fully saturated rings. The second-order valence-electron chi connectivity index (χ2n) is 6.17. The van der Waals surface area contributed by atoms with E-state index in [4.69, 9.17) is 9.47 Å². The molecule has 3 amide bonds. The van der Waals surface area contributed by atoms with Crippen molar-refractivity contribution in [2.24, 2.45) is 0 Å². The van der Waals surface area contributed by atoms with Crippen LogP contribution >= 0.6 is 27.7 Å². The Balaban J connectivity index is 1.71. The number of carbonyl (C=O) groups excluding carboxylic acids is 3. The summed E-state index contributed by atoms with van der Waals surface area (Å²) in [5.41, 5.74) is 1.26. The van der Waals surface area contributed by atoms with Gasteiger partial charge >= 0.3 is 0 Å². The highest BCUT2D eigenvalue weighted by Crippen LogP contribution is 2.34. The van der Waals surface area contributed by atoms with E-state index < -0.39 is 17.1 Å². The Bertz CT molecular complexity index is 1010. The summed E-state index contributed by atoms with van der Waals surface area (Å²) in [4.78, 5) is 38.4. The van der Waals surface area contributed by atoms with Gasteiger partial charge in [0.1, 0.15) is 6.54 Å². The molecular formula is C21H19BrN2O5S. The Morgan fingerprint density at radius 2 is 1.90 bits per heavy atom. The van der Waals surface area contributed by atoms with Gasteiger partial charge in [0.25, 0.3) is 11.1 Å². The first-order valence-electron chi connectivity index (χ1n) is 9.03. The number of thioether (sulfide) groups is 1. The van der Waals surface area contributed by atoms with Crippen LogP contribution in [-0.2, 0) is 9.59 Å². The first-order valence-corrected chi connectivity index (χ1v) is 10.6. The van der Waals surface area contributed by atoms with Crippen molar-refractivity contribution in [3.63, 3.8) is 0 Å². The topological polar surface area (TPSA) is 84.9 Å². The smallest absolute Gasteiger partial charge is 0.294 e. The minimum atomic E-state index is -0.510. The summed E-state index contributed by atoms with van der Waals surface area (Å²) < 4.78 is 11.7. The lowest BCUT2D eigenvalue weighted by Crippen LogP contribution is -2.36. The third-order valence-corrected chi connectivity index (χ3v) is 5.52. The van der Waals surface area contributed by atoms with Crippen molar-refractivity contribution in [2.75, 3.05) is 25.6 Å². The molecule has 9 heteroatoms. The molecule has 30 heavy (non-hydrogen) atoms. The molecule has 1 N–H and O–H groups in total. The summed E-state index contributed by atoms with van der Waals surface area (Å²) in [5.74, 6) is 0.154. The van der Waals surface area contributed by atoms with Gasteiger partial charge in [-0.3, -0.25) is 19.3 Å². The van der Waals surface area contributed by atoms with Crippen LogP contribution in [0.5, 0.6) is 11.5 Å². The van der Waals surface area contributed by atoms with E-state index in [1.54, 1.807) is 48.5 Å². The fraction of sp³-hybridized carbons (Fsp3) is 0.190. The van der Waals surface area contributed by atoms with Gasteiger partial charge in [-0.15, -0.1) is 0 Å². The van der Waals surface area contributed by atoms with Crippen molar-refractivity contribution in [1.29, 1.82) is 0 Å². The van der Waals surface area contributed by atoms with Gasteiger partial charge in [0.05, 0.1) is 18.6 Å². The molecule has 1 saturated heterocycles. The lowest BCUT2D eigenvalue weighted by Gasteiger charge is -2.12. The Kier molecular flexibility index (Phi) is 7.17. The van der Waals surface area contributed by atoms with Crippen molar-refractivity contribution in [2.45, 2.75) is 6.92 Å². The number of rotatable bonds is 7. The fourth-order valence-corrected chi connectivity index (χ4v) is 3.82. The third kappa shape index (κ3) is 5.22. The van der Waals surface area contributed by atoms with Gasteiger partial charge in [0.15, 0.2) is 11.5 Å². The summed E-state index contributed by atoms with van der Waals surface area (Å²) in [5, 5.41) is 2.18. The molecule has 0 spiro atoms. The van der Waals surface area contributed by atoms with Crippen LogP contribution in [0.15, 0.2) is 51.8 Å². The average Bonchev–Trinajstić information content (AvgIpc) is 2.98. The van der Waals surface area contributed by atoms with E-state index in [-0.39, 0.29) is 11.4 Å². The van der Waals surface area contributed by atoms with Crippen molar-refractivity contribution in [3.8, 4) is 11.5 Å². The molecule has 2 aromatic carbocycles. The molecule has 0 bridgehead atoms. The number of imide groups is 1. The maximum atomic E-state index is 12.7. The number of amides is 3. The van der Waals surface area contributed by atoms with Crippen LogP contribution in [0.3, 0.4) is 0 Å². The molecule has 0 aromatic heterocycles. The van der Waals surface area contributed by atoms with Gasteiger partial charge in [0.2, 0.25) is 5.91 Å². The number of methoxy groups -OCH3 is 1. The molecule has 0 radical (unpaired) electrons. The van der Waals surface area contributed by atoms with E-state index in [1.807, 2.05) is 6.92 Å². The molecule has 1 aliphatic heterocycles. The average molecular weight is 491 g/mol. The highest BCUT2D eigenvalue weighted by molar-refractivity contribution is 9.10. The van der Waals surface area contributed by atoms with Crippen LogP contribution in [0, 0.1) is 0 Å². The predicted octanol–water partition coefficient (Wildman–Crippen LogP) is 4.53. The summed E-state index contributed by atoms with van der Waals surface area (Å²) in [6.07, 6.45) is 1.59. The lowest BCUT2D eigenvalue weighted by molar-refractivity contribution is -0.127. The minimum Gasteiger partial charge on any atom is -0.493 e. The molecule has 0 saturated carbocycles. The standard InChI is InChI=1S/C21H19BrN2O5S/c1-3-29-16-9-4-13(10-17(16)28-2)11-18-20(26)24(21(27)30-18)12-19(25)23-15-7-5-14(22)6-8-15/h4-11H,3,12H2,1-2H3,(H,23,25)/b18-11+. The van der Waals surface area contributed by atoms with Gasteiger partial charge in [-0.05, 0) is 66.7 Å². The Morgan fingerprint density at radius 1 is 1.17 bits per heavy atom. The second-order valence-corrected chi connectivity index (χ2v) is 8.08. The van der Waals surface area contributed by atoms with Crippen LogP contribution in [0.4, 0.5) is 10.5 Å². The van der Waals surface area contributed by atoms with Crippen LogP contribution in [0.25, 0.3) is 6.08 Å². The number of carbonyl (C=O) groups is 3. The van der Waals surface area contributed by atoms with E-state index in [9.17, 15) is 14.4 Å². The van der Waals surface area contributed by atoms with Crippen LogP contribution in [0.1, 0.15) is 12.5 Å². The zero-order chi connectivity index (χ0) is 21.7. The number of anilines is 1. The quantitative estimate of drug-likeness (QED) is 0.573. The molecule has 156 valence electrons. The van der Waals surface area contributed by atoms with Gasteiger partial charge in [-0.25, -0.2) is 0 Å². The monoisotopic (exact) mass is 490 g/mol. The summed E-state index contributed by atoms with van der Waals surface area (Å²) >= 11 is 4.11. The molecule has 0 unspecified atom stereocenters. The van der Waals surface area contributed by atoms with Crippen LogP contribution < -0.4 is 14.8 Å². The molecular weight excluding hydrogens is 472 g/mol. The maximum Gasteiger partial charge on any atom is 0.294 e. The third-order valence-electron chi connectivity index (χ3n) is 4.09. The first kappa shape index (κ1) is 21.9. The predicted molar refractivity (Wildman–Crippen MR) is 120 cm³/mol. The van der Waals surface area contributed by atoms with Crippen LogP contribution in [-0.4, -0.2) is 42.2 Å². The lowest BCUT2D eigenvalue weighted by atomic mass is 10.2. The number of nitrogens with zero attached hydrogens (tertiary/aromatic N) is 1. The zero-order valence-electron chi connectivity index (χ0n) is 16.3. The second kappa shape index (κ2) is 9.82. The molecule has 2 aromatic rings. The summed E-state index contributed by atoms with van der Waals surface area (Å²) in [6, 6.07) is 12.2. The van der Waals surface area contributed by atoms with Crippen molar-refractivity contribution >= 4 is 56.5 Å². The van der Waals surface area contributed by atoms with Gasteiger partial charge in [0, 0.05) is 10.2 Å². The summed E-state index contributed by atoms with van der Waals surface area (Å²) in [6.45, 7) is 2.01. The van der Waals surface area contributed by atoms with E-state index in [2.05, 4.69) is 21.2 Å². The highest BCUT2D eigenvalue weighted by Gasteiger charge is 2.36. The largest absolute Gasteiger partial charge is 0.493 e. The molecule has 1 heterocycles. The maximum absolute atomic E-state index is 12.7. The molecule has 7 nitrogen and oxygen atoms in total. The molecule has 0 atom stereocenters. The zero-order valence-corrected chi connectivity index (χ0v) is 18.7. The Hall–Kier alpha value is -2.78. The summed E-state index contributed by atoms with van der Waals surface area (Å²) in [7, 11) is 1.53. The number of hydrogen-bond acceptors (Lipinski definition) is 6. The number of halogens is 1. The fourth-order valence-electron chi connectivity index (χ4n) is 2.71. The number of ether oxygens (including phenoxy) is 2. The van der Waals surface area contributed by atoms with E-state index in [1.165, 1.54) is 7.11 Å². The van der Waals surface area contributed by atoms with Gasteiger partial charge in [-0.2, -0.15) is 0 Å². The van der Waals surface area contributed by atoms with E-state index >= 15 is 0 Å². The number of benzene rings is 2. The Morgan fingerprint density at radius 3 is 2.57 bits per heavy atom.